The zero-order chi connectivity index (χ0) is 14.0. The highest BCUT2D eigenvalue weighted by atomic mass is 16.3. The van der Waals surface area contributed by atoms with Gasteiger partial charge in [0.15, 0.2) is 0 Å². The Labute approximate surface area is 121 Å². The minimum atomic E-state index is -0.0214. The van der Waals surface area contributed by atoms with Crippen LogP contribution in [-0.2, 0) is 0 Å². The molecule has 0 bridgehead atoms. The molecule has 3 fully saturated rings. The molecule has 0 aromatic rings. The molecule has 0 radical (unpaired) electrons. The third-order valence-electron chi connectivity index (χ3n) is 5.39. The van der Waals surface area contributed by atoms with Crippen LogP contribution in [0.3, 0.4) is 0 Å². The molecule has 114 valence electrons. The van der Waals surface area contributed by atoms with Crippen molar-refractivity contribution in [2.75, 3.05) is 19.7 Å². The molecule has 2 saturated carbocycles. The first kappa shape index (κ1) is 14.2. The fourth-order valence-corrected chi connectivity index (χ4v) is 4.01. The Morgan fingerprint density at radius 3 is 2.60 bits per heavy atom. The molecule has 2 aliphatic carbocycles. The Kier molecular flexibility index (Phi) is 4.20. The van der Waals surface area contributed by atoms with Gasteiger partial charge in [0.2, 0.25) is 0 Å². The van der Waals surface area contributed by atoms with Crippen molar-refractivity contribution in [2.45, 2.75) is 63.8 Å². The van der Waals surface area contributed by atoms with Crippen LogP contribution in [0.5, 0.6) is 0 Å². The number of nitrogens with one attached hydrogen (secondary N) is 1. The first-order chi connectivity index (χ1) is 9.71. The highest BCUT2D eigenvalue weighted by Gasteiger charge is 2.41. The largest absolute Gasteiger partial charge is 0.396 e. The van der Waals surface area contributed by atoms with E-state index in [1.165, 1.54) is 25.7 Å². The fraction of sp³-hybridized carbons (Fsp3) is 0.938. The fourth-order valence-electron chi connectivity index (χ4n) is 4.01. The lowest BCUT2D eigenvalue weighted by Gasteiger charge is -2.42. The van der Waals surface area contributed by atoms with E-state index >= 15 is 0 Å². The Balaban J connectivity index is 1.56. The molecule has 2 amide bonds. The predicted molar refractivity (Wildman–Crippen MR) is 78.5 cm³/mol. The van der Waals surface area contributed by atoms with Crippen LogP contribution in [0, 0.1) is 11.3 Å². The Bertz CT molecular complexity index is 350. The van der Waals surface area contributed by atoms with E-state index in [1.54, 1.807) is 0 Å². The third kappa shape index (κ3) is 3.27. The second kappa shape index (κ2) is 5.92. The summed E-state index contributed by atoms with van der Waals surface area (Å²) in [5.74, 6) is 0.806. The summed E-state index contributed by atoms with van der Waals surface area (Å²) in [6.45, 7) is 1.83. The Hall–Kier alpha value is -0.770. The van der Waals surface area contributed by atoms with Crippen LogP contribution >= 0.6 is 0 Å². The van der Waals surface area contributed by atoms with E-state index in [1.807, 2.05) is 4.90 Å². The number of hydrogen-bond donors (Lipinski definition) is 2. The van der Waals surface area contributed by atoms with E-state index in [0.29, 0.717) is 6.04 Å². The van der Waals surface area contributed by atoms with Crippen molar-refractivity contribution in [1.29, 1.82) is 0 Å². The van der Waals surface area contributed by atoms with Gasteiger partial charge in [0.25, 0.3) is 0 Å². The van der Waals surface area contributed by atoms with Crippen molar-refractivity contribution in [3.8, 4) is 0 Å². The summed E-state index contributed by atoms with van der Waals surface area (Å²) in [5.41, 5.74) is -0.0214. The van der Waals surface area contributed by atoms with E-state index in [-0.39, 0.29) is 18.1 Å². The summed E-state index contributed by atoms with van der Waals surface area (Å²) in [6.07, 6.45) is 10.6. The van der Waals surface area contributed by atoms with Crippen LogP contribution in [0.4, 0.5) is 4.79 Å². The van der Waals surface area contributed by atoms with E-state index in [9.17, 15) is 9.90 Å². The maximum absolute atomic E-state index is 12.4. The Morgan fingerprint density at radius 2 is 1.95 bits per heavy atom. The molecular formula is C16H28N2O2. The van der Waals surface area contributed by atoms with Crippen molar-refractivity contribution in [3.63, 3.8) is 0 Å². The summed E-state index contributed by atoms with van der Waals surface area (Å²) in [6, 6.07) is 0.488. The summed E-state index contributed by atoms with van der Waals surface area (Å²) in [4.78, 5) is 14.4. The van der Waals surface area contributed by atoms with Crippen LogP contribution in [0.2, 0.25) is 0 Å². The molecule has 1 heterocycles. The number of urea groups is 1. The number of carbonyl (C=O) groups excluding carboxylic acids is 1. The predicted octanol–water partition coefficient (Wildman–Crippen LogP) is 2.51. The second-order valence-corrected chi connectivity index (χ2v) is 7.26. The molecule has 4 nitrogen and oxygen atoms in total. The van der Waals surface area contributed by atoms with Gasteiger partial charge in [0.1, 0.15) is 0 Å². The summed E-state index contributed by atoms with van der Waals surface area (Å²) < 4.78 is 0. The Morgan fingerprint density at radius 1 is 1.20 bits per heavy atom. The minimum absolute atomic E-state index is 0.0214. The molecule has 1 atom stereocenters. The quantitative estimate of drug-likeness (QED) is 0.831. The molecule has 4 heteroatoms. The van der Waals surface area contributed by atoms with Gasteiger partial charge in [-0.25, -0.2) is 4.79 Å². The van der Waals surface area contributed by atoms with Crippen LogP contribution in [0.15, 0.2) is 0 Å². The molecule has 3 aliphatic rings. The number of amides is 2. The van der Waals surface area contributed by atoms with E-state index in [2.05, 4.69) is 5.32 Å². The molecule has 3 rings (SSSR count). The molecule has 20 heavy (non-hydrogen) atoms. The SMILES string of the molecule is O=C(NC1CCCC1)N1CCCC(CO)(CC2CC2)C1. The van der Waals surface area contributed by atoms with Gasteiger partial charge in [0.05, 0.1) is 6.61 Å². The molecule has 1 saturated heterocycles. The maximum Gasteiger partial charge on any atom is 0.317 e. The number of hydrogen-bond acceptors (Lipinski definition) is 2. The van der Waals surface area contributed by atoms with Gasteiger partial charge in [-0.3, -0.25) is 0 Å². The maximum atomic E-state index is 12.4. The zero-order valence-electron chi connectivity index (χ0n) is 12.4. The molecule has 1 unspecified atom stereocenters. The van der Waals surface area contributed by atoms with Crippen molar-refractivity contribution < 1.29 is 9.90 Å². The number of nitrogens with zero attached hydrogens (tertiary/aromatic N) is 1. The van der Waals surface area contributed by atoms with E-state index < -0.39 is 0 Å². The number of likely N-dealkylation sites (tertiary alicyclic amines) is 1. The second-order valence-electron chi connectivity index (χ2n) is 7.26. The number of aliphatic hydroxyl groups excluding tert-OH is 1. The lowest BCUT2D eigenvalue weighted by Crippen LogP contribution is -2.52. The molecule has 0 spiro atoms. The summed E-state index contributed by atoms with van der Waals surface area (Å²) in [5, 5.41) is 13.0. The van der Waals surface area contributed by atoms with Gasteiger partial charge < -0.3 is 15.3 Å². The van der Waals surface area contributed by atoms with Crippen LogP contribution in [0.1, 0.15) is 57.8 Å². The summed E-state index contributed by atoms with van der Waals surface area (Å²) >= 11 is 0. The average molecular weight is 280 g/mol. The lowest BCUT2D eigenvalue weighted by atomic mass is 9.76. The van der Waals surface area contributed by atoms with Gasteiger partial charge in [0, 0.05) is 24.5 Å². The minimum Gasteiger partial charge on any atom is -0.396 e. The standard InChI is InChI=1S/C16H28N2O2/c19-12-16(10-13-6-7-13)8-3-9-18(11-16)15(20)17-14-4-1-2-5-14/h13-14,19H,1-12H2,(H,17,20). The van der Waals surface area contributed by atoms with Crippen LogP contribution in [0.25, 0.3) is 0 Å². The molecule has 0 aromatic carbocycles. The highest BCUT2D eigenvalue weighted by molar-refractivity contribution is 5.74. The monoisotopic (exact) mass is 280 g/mol. The molecular weight excluding hydrogens is 252 g/mol. The van der Waals surface area contributed by atoms with Crippen LogP contribution < -0.4 is 5.32 Å². The number of aliphatic hydroxyl groups is 1. The average Bonchev–Trinajstić information content (AvgIpc) is 3.12. The number of carbonyl (C=O) groups is 1. The third-order valence-corrected chi connectivity index (χ3v) is 5.39. The first-order valence-corrected chi connectivity index (χ1v) is 8.37. The van der Waals surface area contributed by atoms with Gasteiger partial charge >= 0.3 is 6.03 Å². The van der Waals surface area contributed by atoms with Crippen molar-refractivity contribution in [2.24, 2.45) is 11.3 Å². The van der Waals surface area contributed by atoms with Crippen molar-refractivity contribution in [3.05, 3.63) is 0 Å². The molecule has 1 aliphatic heterocycles. The smallest absolute Gasteiger partial charge is 0.317 e. The van der Waals surface area contributed by atoms with Crippen molar-refractivity contribution in [1.82, 2.24) is 10.2 Å². The zero-order valence-corrected chi connectivity index (χ0v) is 12.4. The lowest BCUT2D eigenvalue weighted by molar-refractivity contribution is 0.0353. The van der Waals surface area contributed by atoms with Crippen molar-refractivity contribution >= 4 is 6.03 Å². The summed E-state index contributed by atoms with van der Waals surface area (Å²) in [7, 11) is 0. The molecule has 2 N–H and O–H groups in total. The topological polar surface area (TPSA) is 52.6 Å². The van der Waals surface area contributed by atoms with Gasteiger partial charge in [-0.05, 0) is 38.0 Å². The van der Waals surface area contributed by atoms with Gasteiger partial charge in [-0.1, -0.05) is 25.7 Å². The van der Waals surface area contributed by atoms with E-state index in [0.717, 1.165) is 51.1 Å². The highest BCUT2D eigenvalue weighted by Crippen LogP contribution is 2.44. The van der Waals surface area contributed by atoms with E-state index in [4.69, 9.17) is 0 Å². The number of piperidine rings is 1. The normalized spacial score (nSPS) is 31.6. The van der Waals surface area contributed by atoms with Gasteiger partial charge in [-0.15, -0.1) is 0 Å². The number of rotatable bonds is 4. The first-order valence-electron chi connectivity index (χ1n) is 8.37. The van der Waals surface area contributed by atoms with Crippen LogP contribution in [-0.4, -0.2) is 41.8 Å². The van der Waals surface area contributed by atoms with Gasteiger partial charge in [-0.2, -0.15) is 0 Å². The molecule has 0 aromatic heterocycles.